The first kappa shape index (κ1) is 24.5. The number of benzene rings is 3. The molecular formula is C27H27N5O4. The monoisotopic (exact) mass is 485 g/mol. The quantitative estimate of drug-likeness (QED) is 0.232. The number of hydrogen-bond donors (Lipinski definition) is 3. The largest absolute Gasteiger partial charge is 0.493 e. The maximum Gasteiger partial charge on any atom is 0.408 e. The molecule has 0 aliphatic carbocycles. The Labute approximate surface area is 208 Å². The van der Waals surface area contributed by atoms with Crippen LogP contribution in [0.3, 0.4) is 0 Å². The van der Waals surface area contributed by atoms with Crippen LogP contribution >= 0.6 is 0 Å². The molecule has 0 fully saturated rings. The fourth-order valence-electron chi connectivity index (χ4n) is 3.66. The SMILES string of the molecule is CCOc1ccc(/C=N\NC(=O)[C@@H](Cc2cnc[nH]2)NC(=O)OCc2ccccc2)c2ccccc12. The van der Waals surface area contributed by atoms with Gasteiger partial charge in [0.05, 0.1) is 19.1 Å². The second kappa shape index (κ2) is 12.2. The lowest BCUT2D eigenvalue weighted by Crippen LogP contribution is -2.47. The number of nitrogens with zero attached hydrogens (tertiary/aromatic N) is 2. The van der Waals surface area contributed by atoms with E-state index in [0.717, 1.165) is 27.6 Å². The summed E-state index contributed by atoms with van der Waals surface area (Å²) in [7, 11) is 0. The van der Waals surface area contributed by atoms with Gasteiger partial charge in [0.15, 0.2) is 0 Å². The summed E-state index contributed by atoms with van der Waals surface area (Å²) in [4.78, 5) is 32.2. The number of hydrazone groups is 1. The summed E-state index contributed by atoms with van der Waals surface area (Å²) in [5.41, 5.74) is 4.86. The van der Waals surface area contributed by atoms with Gasteiger partial charge >= 0.3 is 6.09 Å². The lowest BCUT2D eigenvalue weighted by Gasteiger charge is -2.16. The summed E-state index contributed by atoms with van der Waals surface area (Å²) in [5, 5.41) is 8.64. The minimum Gasteiger partial charge on any atom is -0.493 e. The molecule has 0 radical (unpaired) electrons. The molecule has 9 nitrogen and oxygen atoms in total. The number of carbonyl (C=O) groups excluding carboxylic acids is 2. The third kappa shape index (κ3) is 6.47. The summed E-state index contributed by atoms with van der Waals surface area (Å²) >= 11 is 0. The van der Waals surface area contributed by atoms with Crippen molar-refractivity contribution in [1.82, 2.24) is 20.7 Å². The van der Waals surface area contributed by atoms with Crippen molar-refractivity contribution in [3.8, 4) is 5.75 Å². The van der Waals surface area contributed by atoms with Crippen LogP contribution in [0.4, 0.5) is 4.79 Å². The molecule has 0 aliphatic heterocycles. The van der Waals surface area contributed by atoms with Crippen molar-refractivity contribution in [2.75, 3.05) is 6.61 Å². The standard InChI is InChI=1S/C27H27N5O4/c1-2-35-25-13-12-20(22-10-6-7-11-23(22)25)15-30-32-26(33)24(14-21-16-28-18-29-21)31-27(34)36-17-19-8-4-3-5-9-19/h3-13,15-16,18,24H,2,14,17H2,1H3,(H,28,29)(H,31,34)(H,32,33)/b30-15-/t24-/m1/s1. The van der Waals surface area contributed by atoms with Crippen LogP contribution in [0.5, 0.6) is 5.75 Å². The molecule has 4 rings (SSSR count). The molecule has 3 aromatic carbocycles. The zero-order valence-corrected chi connectivity index (χ0v) is 19.8. The highest BCUT2D eigenvalue weighted by molar-refractivity contribution is 6.02. The number of carbonyl (C=O) groups is 2. The van der Waals surface area contributed by atoms with Crippen molar-refractivity contribution in [2.45, 2.75) is 26.0 Å². The summed E-state index contributed by atoms with van der Waals surface area (Å²) in [6, 6.07) is 19.9. The lowest BCUT2D eigenvalue weighted by atomic mass is 10.0. The van der Waals surface area contributed by atoms with Crippen molar-refractivity contribution >= 4 is 29.0 Å². The number of aromatic nitrogens is 2. The van der Waals surface area contributed by atoms with E-state index < -0.39 is 18.0 Å². The van der Waals surface area contributed by atoms with Crippen molar-refractivity contribution < 1.29 is 19.1 Å². The number of hydrogen-bond acceptors (Lipinski definition) is 6. The first-order valence-electron chi connectivity index (χ1n) is 11.6. The Bertz CT molecular complexity index is 1320. The van der Waals surface area contributed by atoms with Crippen LogP contribution < -0.4 is 15.5 Å². The Morgan fingerprint density at radius 2 is 1.83 bits per heavy atom. The molecule has 1 heterocycles. The average molecular weight is 486 g/mol. The summed E-state index contributed by atoms with van der Waals surface area (Å²) < 4.78 is 11.0. The van der Waals surface area contributed by atoms with Crippen molar-refractivity contribution in [3.05, 3.63) is 96.1 Å². The molecule has 1 aromatic heterocycles. The zero-order chi connectivity index (χ0) is 25.2. The Kier molecular flexibility index (Phi) is 8.27. The number of rotatable bonds is 10. The maximum absolute atomic E-state index is 12.9. The van der Waals surface area contributed by atoms with Gasteiger partial charge in [-0.3, -0.25) is 4.79 Å². The van der Waals surface area contributed by atoms with Crippen molar-refractivity contribution in [1.29, 1.82) is 0 Å². The van der Waals surface area contributed by atoms with E-state index in [1.54, 1.807) is 12.4 Å². The highest BCUT2D eigenvalue weighted by Gasteiger charge is 2.22. The van der Waals surface area contributed by atoms with Crippen LogP contribution in [0, 0.1) is 0 Å². The molecule has 0 spiro atoms. The number of imidazole rings is 1. The van der Waals surface area contributed by atoms with Crippen LogP contribution in [0.25, 0.3) is 10.8 Å². The number of aromatic amines is 1. The topological polar surface area (TPSA) is 118 Å². The second-order valence-corrected chi connectivity index (χ2v) is 7.91. The van der Waals surface area contributed by atoms with Gasteiger partial charge in [-0.05, 0) is 30.0 Å². The highest BCUT2D eigenvalue weighted by atomic mass is 16.5. The third-order valence-electron chi connectivity index (χ3n) is 5.40. The third-order valence-corrected chi connectivity index (χ3v) is 5.40. The second-order valence-electron chi connectivity index (χ2n) is 7.91. The Morgan fingerprint density at radius 1 is 1.06 bits per heavy atom. The molecule has 1 atom stereocenters. The van der Waals surface area contributed by atoms with E-state index in [2.05, 4.69) is 25.8 Å². The fourth-order valence-corrected chi connectivity index (χ4v) is 3.66. The van der Waals surface area contributed by atoms with Crippen LogP contribution in [0.2, 0.25) is 0 Å². The van der Waals surface area contributed by atoms with Crippen molar-refractivity contribution in [2.24, 2.45) is 5.10 Å². The predicted molar refractivity (Wildman–Crippen MR) is 137 cm³/mol. The van der Waals surface area contributed by atoms with Gasteiger partial charge < -0.3 is 19.8 Å². The van der Waals surface area contributed by atoms with Gasteiger partial charge in [-0.25, -0.2) is 15.2 Å². The van der Waals surface area contributed by atoms with E-state index in [0.29, 0.717) is 12.3 Å². The van der Waals surface area contributed by atoms with E-state index >= 15 is 0 Å². The molecule has 36 heavy (non-hydrogen) atoms. The summed E-state index contributed by atoms with van der Waals surface area (Å²) in [6.45, 7) is 2.59. The van der Waals surface area contributed by atoms with Crippen molar-refractivity contribution in [3.63, 3.8) is 0 Å². The normalized spacial score (nSPS) is 11.8. The smallest absolute Gasteiger partial charge is 0.408 e. The molecule has 184 valence electrons. The molecule has 0 saturated carbocycles. The molecule has 0 bridgehead atoms. The average Bonchev–Trinajstić information content (AvgIpc) is 3.42. The molecule has 9 heteroatoms. The minimum absolute atomic E-state index is 0.0913. The number of alkyl carbamates (subject to hydrolysis) is 1. The number of nitrogens with one attached hydrogen (secondary N) is 3. The van der Waals surface area contributed by atoms with Crippen LogP contribution in [0.1, 0.15) is 23.7 Å². The number of amides is 2. The maximum atomic E-state index is 12.9. The number of H-pyrrole nitrogens is 1. The van der Waals surface area contributed by atoms with E-state index in [1.165, 1.54) is 6.33 Å². The van der Waals surface area contributed by atoms with E-state index in [-0.39, 0.29) is 13.0 Å². The lowest BCUT2D eigenvalue weighted by molar-refractivity contribution is -0.123. The van der Waals surface area contributed by atoms with E-state index in [9.17, 15) is 9.59 Å². The van der Waals surface area contributed by atoms with Crippen LogP contribution in [-0.4, -0.2) is 40.8 Å². The van der Waals surface area contributed by atoms with Gasteiger partial charge in [0, 0.05) is 29.3 Å². The Balaban J connectivity index is 1.43. The fraction of sp³-hybridized carbons (Fsp3) is 0.185. The van der Waals surface area contributed by atoms with Gasteiger partial charge in [-0.1, -0.05) is 54.6 Å². The molecule has 2 amide bonds. The Hall–Kier alpha value is -4.66. The first-order valence-corrected chi connectivity index (χ1v) is 11.6. The predicted octanol–water partition coefficient (Wildman–Crippen LogP) is 3.95. The van der Waals surface area contributed by atoms with Gasteiger partial charge in [0.2, 0.25) is 0 Å². The Morgan fingerprint density at radius 3 is 2.58 bits per heavy atom. The number of fused-ring (bicyclic) bond motifs is 1. The van der Waals surface area contributed by atoms with Crippen LogP contribution in [0.15, 0.2) is 84.4 Å². The highest BCUT2D eigenvalue weighted by Crippen LogP contribution is 2.27. The summed E-state index contributed by atoms with van der Waals surface area (Å²) in [5.74, 6) is 0.292. The molecule has 4 aromatic rings. The van der Waals surface area contributed by atoms with Gasteiger partial charge in [0.1, 0.15) is 18.4 Å². The zero-order valence-electron chi connectivity index (χ0n) is 19.8. The van der Waals surface area contributed by atoms with E-state index in [4.69, 9.17) is 9.47 Å². The summed E-state index contributed by atoms with van der Waals surface area (Å²) in [6.07, 6.45) is 4.14. The number of ether oxygens (including phenoxy) is 2. The van der Waals surface area contributed by atoms with Gasteiger partial charge in [0.25, 0.3) is 5.91 Å². The first-order chi connectivity index (χ1) is 17.6. The molecule has 0 saturated heterocycles. The molecule has 3 N–H and O–H groups in total. The molecule has 0 unspecified atom stereocenters. The van der Waals surface area contributed by atoms with Crippen LogP contribution in [-0.2, 0) is 22.6 Å². The molecule has 0 aliphatic rings. The van der Waals surface area contributed by atoms with Gasteiger partial charge in [-0.15, -0.1) is 0 Å². The van der Waals surface area contributed by atoms with E-state index in [1.807, 2.05) is 73.7 Å². The molecular weight excluding hydrogens is 458 g/mol. The minimum atomic E-state index is -0.928. The van der Waals surface area contributed by atoms with Gasteiger partial charge in [-0.2, -0.15) is 5.10 Å².